The van der Waals surface area contributed by atoms with Gasteiger partial charge in [-0.15, -0.1) is 0 Å². The molecule has 0 aromatic heterocycles. The molecule has 0 N–H and O–H groups in total. The second-order valence-corrected chi connectivity index (χ2v) is 5.66. The summed E-state index contributed by atoms with van der Waals surface area (Å²) in [6.07, 6.45) is -0.699. The summed E-state index contributed by atoms with van der Waals surface area (Å²) in [4.78, 5) is 24.6. The highest BCUT2D eigenvalue weighted by molar-refractivity contribution is 5.90. The van der Waals surface area contributed by atoms with E-state index in [9.17, 15) is 14.9 Å². The van der Waals surface area contributed by atoms with Crippen molar-refractivity contribution in [1.82, 2.24) is 4.90 Å². The summed E-state index contributed by atoms with van der Waals surface area (Å²) in [5.74, 6) is 1.02. The number of rotatable bonds is 3. The Hall–Kier alpha value is -3.09. The highest BCUT2D eigenvalue weighted by Crippen LogP contribution is 2.44. The van der Waals surface area contributed by atoms with Gasteiger partial charge < -0.3 is 14.4 Å². The van der Waals surface area contributed by atoms with Gasteiger partial charge in [-0.25, -0.2) is 0 Å². The number of nitro benzene ring substituents is 1. The molecule has 1 amide bonds. The van der Waals surface area contributed by atoms with Crippen LogP contribution in [0.1, 0.15) is 11.6 Å². The van der Waals surface area contributed by atoms with Gasteiger partial charge in [0.05, 0.1) is 11.5 Å². The van der Waals surface area contributed by atoms with Crippen molar-refractivity contribution in [2.24, 2.45) is 0 Å². The predicted molar refractivity (Wildman–Crippen MR) is 83.9 cm³/mol. The largest absolute Gasteiger partial charge is 0.491 e. The maximum Gasteiger partial charge on any atom is 0.270 e. The maximum atomic E-state index is 12.4. The summed E-state index contributed by atoms with van der Waals surface area (Å²) < 4.78 is 11.5. The minimum Gasteiger partial charge on any atom is -0.491 e. The van der Waals surface area contributed by atoms with Crippen LogP contribution in [0.3, 0.4) is 0 Å². The molecule has 2 aliphatic heterocycles. The van der Waals surface area contributed by atoms with E-state index in [-0.39, 0.29) is 17.6 Å². The van der Waals surface area contributed by atoms with Crippen LogP contribution >= 0.6 is 0 Å². The third-order valence-corrected chi connectivity index (χ3v) is 4.27. The SMILES string of the molecule is O=C1[C@H](Oc2ccccc2)[C@H]2c3cc([N+](=O)[O-])ccc3OCCN12. The molecule has 2 aromatic carbocycles. The lowest BCUT2D eigenvalue weighted by Crippen LogP contribution is -2.61. The Morgan fingerprint density at radius 2 is 2.00 bits per heavy atom. The van der Waals surface area contributed by atoms with Crippen molar-refractivity contribution in [3.05, 3.63) is 64.2 Å². The zero-order chi connectivity index (χ0) is 16.7. The minimum absolute atomic E-state index is 0.0305. The summed E-state index contributed by atoms with van der Waals surface area (Å²) >= 11 is 0. The van der Waals surface area contributed by atoms with E-state index < -0.39 is 11.0 Å². The lowest BCUT2D eigenvalue weighted by Gasteiger charge is -2.45. The van der Waals surface area contributed by atoms with Crippen molar-refractivity contribution in [2.45, 2.75) is 12.1 Å². The van der Waals surface area contributed by atoms with Crippen molar-refractivity contribution < 1.29 is 19.2 Å². The van der Waals surface area contributed by atoms with Gasteiger partial charge in [0.25, 0.3) is 11.6 Å². The number of carbonyl (C=O) groups excluding carboxylic acids is 1. The summed E-state index contributed by atoms with van der Waals surface area (Å²) in [5, 5.41) is 11.1. The molecule has 7 heteroatoms. The normalized spacial score (nSPS) is 21.7. The number of β-lactam (4-membered cyclic amide) rings is 1. The molecular formula is C17H14N2O5. The predicted octanol–water partition coefficient (Wildman–Crippen LogP) is 2.32. The smallest absolute Gasteiger partial charge is 0.270 e. The van der Waals surface area contributed by atoms with Crippen LogP contribution in [-0.2, 0) is 4.79 Å². The third-order valence-electron chi connectivity index (χ3n) is 4.27. The van der Waals surface area contributed by atoms with Crippen molar-refractivity contribution >= 4 is 11.6 Å². The van der Waals surface area contributed by atoms with Gasteiger partial charge in [-0.3, -0.25) is 14.9 Å². The van der Waals surface area contributed by atoms with E-state index >= 15 is 0 Å². The molecule has 0 unspecified atom stereocenters. The zero-order valence-corrected chi connectivity index (χ0v) is 12.6. The van der Waals surface area contributed by atoms with Gasteiger partial charge in [0.15, 0.2) is 0 Å². The number of ether oxygens (including phenoxy) is 2. The monoisotopic (exact) mass is 326 g/mol. The lowest BCUT2D eigenvalue weighted by molar-refractivity contribution is -0.385. The highest BCUT2D eigenvalue weighted by Gasteiger charge is 2.52. The van der Waals surface area contributed by atoms with Gasteiger partial charge in [0, 0.05) is 17.7 Å². The Bertz CT molecular complexity index is 808. The van der Waals surface area contributed by atoms with Crippen LogP contribution in [-0.4, -0.2) is 35.0 Å². The minimum atomic E-state index is -0.699. The Kier molecular flexibility index (Phi) is 3.34. The first kappa shape index (κ1) is 14.5. The van der Waals surface area contributed by atoms with Crippen LogP contribution in [0.5, 0.6) is 11.5 Å². The van der Waals surface area contributed by atoms with E-state index in [0.717, 1.165) is 0 Å². The number of nitrogens with zero attached hydrogens (tertiary/aromatic N) is 2. The molecule has 0 radical (unpaired) electrons. The van der Waals surface area contributed by atoms with Crippen molar-refractivity contribution in [2.75, 3.05) is 13.2 Å². The van der Waals surface area contributed by atoms with Crippen molar-refractivity contribution in [3.63, 3.8) is 0 Å². The maximum absolute atomic E-state index is 12.4. The molecule has 0 aliphatic carbocycles. The van der Waals surface area contributed by atoms with Crippen LogP contribution in [0, 0.1) is 10.1 Å². The Balaban J connectivity index is 1.71. The molecule has 0 bridgehead atoms. The molecule has 2 aliphatic rings. The Labute approximate surface area is 137 Å². The standard InChI is InChI=1S/C17H14N2O5/c20-17-16(24-12-4-2-1-3-5-12)15-13-10-11(19(21)22)6-7-14(13)23-9-8-18(15)17/h1-7,10,15-16H,8-9H2/t15-,16-/m1/s1. The molecular weight excluding hydrogens is 312 g/mol. The second-order valence-electron chi connectivity index (χ2n) is 5.66. The number of hydrogen-bond donors (Lipinski definition) is 0. The number of benzene rings is 2. The molecule has 2 aromatic rings. The van der Waals surface area contributed by atoms with Crippen LogP contribution < -0.4 is 9.47 Å². The molecule has 1 fully saturated rings. The first-order valence-corrected chi connectivity index (χ1v) is 7.58. The fourth-order valence-corrected chi connectivity index (χ4v) is 3.12. The Morgan fingerprint density at radius 3 is 2.75 bits per heavy atom. The molecule has 2 atom stereocenters. The van der Waals surface area contributed by atoms with E-state index in [2.05, 4.69) is 0 Å². The number of amides is 1. The number of nitro groups is 1. The van der Waals surface area contributed by atoms with E-state index in [1.165, 1.54) is 12.1 Å². The third kappa shape index (κ3) is 2.25. The van der Waals surface area contributed by atoms with Gasteiger partial charge in [-0.05, 0) is 18.2 Å². The summed E-state index contributed by atoms with van der Waals surface area (Å²) in [6, 6.07) is 13.1. The average molecular weight is 326 g/mol. The van der Waals surface area contributed by atoms with Gasteiger partial charge in [0.2, 0.25) is 6.10 Å². The summed E-state index contributed by atoms with van der Waals surface area (Å²) in [7, 11) is 0. The van der Waals surface area contributed by atoms with Gasteiger partial charge >= 0.3 is 0 Å². The number of carbonyl (C=O) groups is 1. The molecule has 122 valence electrons. The zero-order valence-electron chi connectivity index (χ0n) is 12.6. The van der Waals surface area contributed by atoms with E-state index in [4.69, 9.17) is 9.47 Å². The fourth-order valence-electron chi connectivity index (χ4n) is 3.12. The van der Waals surface area contributed by atoms with Crippen LogP contribution in [0.2, 0.25) is 0 Å². The first-order valence-electron chi connectivity index (χ1n) is 7.58. The van der Waals surface area contributed by atoms with Crippen LogP contribution in [0.4, 0.5) is 5.69 Å². The molecule has 0 saturated carbocycles. The first-order chi connectivity index (χ1) is 11.6. The Morgan fingerprint density at radius 1 is 1.21 bits per heavy atom. The summed E-state index contributed by atoms with van der Waals surface area (Å²) in [6.45, 7) is 0.783. The quantitative estimate of drug-likeness (QED) is 0.491. The molecule has 4 rings (SSSR count). The highest BCUT2D eigenvalue weighted by atomic mass is 16.6. The number of para-hydroxylation sites is 1. The fraction of sp³-hybridized carbons (Fsp3) is 0.235. The van der Waals surface area contributed by atoms with E-state index in [0.29, 0.717) is 30.2 Å². The lowest BCUT2D eigenvalue weighted by atomic mass is 9.90. The molecule has 24 heavy (non-hydrogen) atoms. The van der Waals surface area contributed by atoms with Crippen molar-refractivity contribution in [3.8, 4) is 11.5 Å². The van der Waals surface area contributed by atoms with E-state index in [1.807, 2.05) is 18.2 Å². The van der Waals surface area contributed by atoms with Crippen LogP contribution in [0.15, 0.2) is 48.5 Å². The number of non-ortho nitro benzene ring substituents is 1. The second kappa shape index (κ2) is 5.52. The molecule has 7 nitrogen and oxygen atoms in total. The topological polar surface area (TPSA) is 81.9 Å². The average Bonchev–Trinajstić information content (AvgIpc) is 2.77. The molecule has 0 spiro atoms. The molecule has 2 heterocycles. The van der Waals surface area contributed by atoms with E-state index in [1.54, 1.807) is 23.1 Å². The number of hydrogen-bond acceptors (Lipinski definition) is 5. The van der Waals surface area contributed by atoms with Gasteiger partial charge in [-0.1, -0.05) is 18.2 Å². The van der Waals surface area contributed by atoms with Crippen LogP contribution in [0.25, 0.3) is 0 Å². The molecule has 1 saturated heterocycles. The summed E-state index contributed by atoms with van der Waals surface area (Å²) in [5.41, 5.74) is 0.583. The van der Waals surface area contributed by atoms with Gasteiger partial charge in [-0.2, -0.15) is 0 Å². The van der Waals surface area contributed by atoms with Crippen molar-refractivity contribution in [1.29, 1.82) is 0 Å². The van der Waals surface area contributed by atoms with Gasteiger partial charge in [0.1, 0.15) is 24.1 Å². The number of fused-ring (bicyclic) bond motifs is 3.